The van der Waals surface area contributed by atoms with E-state index < -0.39 is 0 Å². The van der Waals surface area contributed by atoms with E-state index in [9.17, 15) is 4.79 Å². The number of thioether (sulfide) groups is 1. The number of rotatable bonds is 2. The van der Waals surface area contributed by atoms with Crippen molar-refractivity contribution in [3.63, 3.8) is 0 Å². The Labute approximate surface area is 113 Å². The molecular weight excluding hydrogens is 244 g/mol. The van der Waals surface area contributed by atoms with Crippen molar-refractivity contribution < 1.29 is 0 Å². The van der Waals surface area contributed by atoms with Crippen molar-refractivity contribution >= 4 is 11.8 Å². The maximum atomic E-state index is 12.1. The zero-order chi connectivity index (χ0) is 13.2. The number of aromatic nitrogens is 2. The van der Waals surface area contributed by atoms with Crippen LogP contribution in [0.5, 0.6) is 0 Å². The molecular formula is C14H22N2OS. The van der Waals surface area contributed by atoms with Gasteiger partial charge in [-0.2, -0.15) is 0 Å². The quantitative estimate of drug-likeness (QED) is 0.837. The van der Waals surface area contributed by atoms with E-state index in [-0.39, 0.29) is 10.3 Å². The van der Waals surface area contributed by atoms with Gasteiger partial charge in [0.15, 0.2) is 0 Å². The minimum Gasteiger partial charge on any atom is -0.310 e. The number of aromatic amines is 1. The Morgan fingerprint density at radius 1 is 1.22 bits per heavy atom. The van der Waals surface area contributed by atoms with Gasteiger partial charge in [-0.05, 0) is 25.7 Å². The monoisotopic (exact) mass is 266 g/mol. The highest BCUT2D eigenvalue weighted by atomic mass is 32.2. The van der Waals surface area contributed by atoms with Crippen molar-refractivity contribution in [3.05, 3.63) is 27.4 Å². The first-order chi connectivity index (χ1) is 8.46. The van der Waals surface area contributed by atoms with Crippen LogP contribution in [-0.4, -0.2) is 14.7 Å². The van der Waals surface area contributed by atoms with E-state index in [1.54, 1.807) is 0 Å². The summed E-state index contributed by atoms with van der Waals surface area (Å²) in [6.45, 7) is 6.54. The van der Waals surface area contributed by atoms with E-state index in [0.29, 0.717) is 0 Å². The number of fused-ring (bicyclic) bond motifs is 1. The van der Waals surface area contributed by atoms with Gasteiger partial charge in [-0.1, -0.05) is 27.2 Å². The van der Waals surface area contributed by atoms with Crippen molar-refractivity contribution in [1.82, 2.24) is 9.97 Å². The Balaban J connectivity index is 2.21. The molecule has 1 aromatic rings. The highest BCUT2D eigenvalue weighted by Crippen LogP contribution is 2.26. The molecule has 4 heteroatoms. The second kappa shape index (κ2) is 5.47. The Hall–Kier alpha value is -0.770. The van der Waals surface area contributed by atoms with Crippen LogP contribution in [0.15, 0.2) is 4.79 Å². The summed E-state index contributed by atoms with van der Waals surface area (Å²) in [7, 11) is 0. The molecule has 0 atom stereocenters. The first-order valence-electron chi connectivity index (χ1n) is 6.70. The third-order valence-corrected chi connectivity index (χ3v) is 4.42. The largest absolute Gasteiger partial charge is 0.310 e. The van der Waals surface area contributed by atoms with Gasteiger partial charge in [0.25, 0.3) is 5.56 Å². The topological polar surface area (TPSA) is 45.8 Å². The van der Waals surface area contributed by atoms with Crippen LogP contribution in [0.4, 0.5) is 0 Å². The number of hydrogen-bond acceptors (Lipinski definition) is 3. The van der Waals surface area contributed by atoms with Gasteiger partial charge < -0.3 is 4.98 Å². The molecule has 2 rings (SSSR count). The Morgan fingerprint density at radius 3 is 2.67 bits per heavy atom. The summed E-state index contributed by atoms with van der Waals surface area (Å²) in [5.74, 6) is 1.62. The minimum absolute atomic E-state index is 0.0893. The molecule has 0 unspecified atom stereocenters. The van der Waals surface area contributed by atoms with Crippen molar-refractivity contribution in [1.29, 1.82) is 0 Å². The highest BCUT2D eigenvalue weighted by molar-refractivity contribution is 7.99. The average molecular weight is 266 g/mol. The van der Waals surface area contributed by atoms with Crippen LogP contribution in [0.3, 0.4) is 0 Å². The number of hydrogen-bond donors (Lipinski definition) is 1. The van der Waals surface area contributed by atoms with Crippen molar-refractivity contribution in [2.45, 2.75) is 63.4 Å². The summed E-state index contributed by atoms with van der Waals surface area (Å²) in [6.07, 6.45) is 5.35. The SMILES string of the molecule is CC(C)(C)SCc1nc2c(c(=O)[nH]1)CCCCC2. The van der Waals surface area contributed by atoms with Crippen molar-refractivity contribution in [2.24, 2.45) is 0 Å². The van der Waals surface area contributed by atoms with Gasteiger partial charge in [0.1, 0.15) is 5.82 Å². The first kappa shape index (κ1) is 13.7. The molecule has 1 aromatic heterocycles. The summed E-state index contributed by atoms with van der Waals surface area (Å²) in [4.78, 5) is 19.7. The minimum atomic E-state index is 0.0893. The highest BCUT2D eigenvalue weighted by Gasteiger charge is 2.16. The third kappa shape index (κ3) is 3.61. The fraction of sp³-hybridized carbons (Fsp3) is 0.714. The number of aryl methyl sites for hydroxylation is 1. The van der Waals surface area contributed by atoms with Crippen LogP contribution in [0.2, 0.25) is 0 Å². The van der Waals surface area contributed by atoms with Crippen LogP contribution in [0.1, 0.15) is 57.1 Å². The second-order valence-corrected chi connectivity index (χ2v) is 7.70. The zero-order valence-electron chi connectivity index (χ0n) is 11.5. The molecule has 1 aliphatic carbocycles. The third-order valence-electron chi connectivity index (χ3n) is 3.13. The van der Waals surface area contributed by atoms with Crippen molar-refractivity contribution in [3.8, 4) is 0 Å². The van der Waals surface area contributed by atoms with Gasteiger partial charge in [-0.3, -0.25) is 4.79 Å². The van der Waals surface area contributed by atoms with E-state index in [4.69, 9.17) is 0 Å². The van der Waals surface area contributed by atoms with Crippen LogP contribution < -0.4 is 5.56 Å². The average Bonchev–Trinajstić information content (AvgIpc) is 2.51. The summed E-state index contributed by atoms with van der Waals surface area (Å²) in [6, 6.07) is 0. The van der Waals surface area contributed by atoms with E-state index in [1.165, 1.54) is 6.42 Å². The van der Waals surface area contributed by atoms with Crippen LogP contribution in [0, 0.1) is 0 Å². The molecule has 0 saturated carbocycles. The van der Waals surface area contributed by atoms with E-state index >= 15 is 0 Å². The predicted molar refractivity (Wildman–Crippen MR) is 77.2 cm³/mol. The number of nitrogens with zero attached hydrogens (tertiary/aromatic N) is 1. The lowest BCUT2D eigenvalue weighted by atomic mass is 10.1. The molecule has 1 heterocycles. The van der Waals surface area contributed by atoms with Gasteiger partial charge in [-0.25, -0.2) is 4.98 Å². The van der Waals surface area contributed by atoms with Gasteiger partial charge in [0, 0.05) is 10.3 Å². The molecule has 0 saturated heterocycles. The second-order valence-electron chi connectivity index (χ2n) is 5.90. The molecule has 18 heavy (non-hydrogen) atoms. The van der Waals surface area contributed by atoms with Crippen LogP contribution >= 0.6 is 11.8 Å². The molecule has 0 fully saturated rings. The normalized spacial score (nSPS) is 16.2. The molecule has 1 N–H and O–H groups in total. The maximum absolute atomic E-state index is 12.1. The molecule has 1 aliphatic rings. The Kier molecular flexibility index (Phi) is 4.15. The van der Waals surface area contributed by atoms with Crippen LogP contribution in [0.25, 0.3) is 0 Å². The lowest BCUT2D eigenvalue weighted by Gasteiger charge is -2.17. The molecule has 100 valence electrons. The van der Waals surface area contributed by atoms with Gasteiger partial charge in [-0.15, -0.1) is 11.8 Å². The summed E-state index contributed by atoms with van der Waals surface area (Å²) in [5.41, 5.74) is 2.06. The Morgan fingerprint density at radius 2 is 1.94 bits per heavy atom. The fourth-order valence-corrected chi connectivity index (χ4v) is 2.89. The summed E-state index contributed by atoms with van der Waals surface area (Å²) >= 11 is 1.82. The predicted octanol–water partition coefficient (Wildman–Crippen LogP) is 3.07. The smallest absolute Gasteiger partial charge is 0.254 e. The number of nitrogens with one attached hydrogen (secondary N) is 1. The fourth-order valence-electron chi connectivity index (χ4n) is 2.18. The maximum Gasteiger partial charge on any atom is 0.254 e. The molecule has 0 amide bonds. The molecule has 0 spiro atoms. The zero-order valence-corrected chi connectivity index (χ0v) is 12.3. The summed E-state index contributed by atoms with van der Waals surface area (Å²) < 4.78 is 0.200. The molecule has 3 nitrogen and oxygen atoms in total. The molecule has 0 aromatic carbocycles. The summed E-state index contributed by atoms with van der Waals surface area (Å²) in [5, 5.41) is 0. The lowest BCUT2D eigenvalue weighted by Crippen LogP contribution is -2.20. The van der Waals surface area contributed by atoms with Gasteiger partial charge in [0.05, 0.1) is 11.4 Å². The van der Waals surface area contributed by atoms with E-state index in [1.807, 2.05) is 11.8 Å². The molecule has 0 bridgehead atoms. The van der Waals surface area contributed by atoms with Gasteiger partial charge in [0.2, 0.25) is 0 Å². The van der Waals surface area contributed by atoms with E-state index in [2.05, 4.69) is 30.7 Å². The van der Waals surface area contributed by atoms with Gasteiger partial charge >= 0.3 is 0 Å². The Bertz CT molecular complexity index is 474. The standard InChI is InChI=1S/C14H22N2OS/c1-14(2,3)18-9-12-15-11-8-6-4-5-7-10(11)13(17)16-12/h4-9H2,1-3H3,(H,15,16,17). The first-order valence-corrected chi connectivity index (χ1v) is 7.69. The van der Waals surface area contributed by atoms with Crippen molar-refractivity contribution in [2.75, 3.05) is 0 Å². The van der Waals surface area contributed by atoms with E-state index in [0.717, 1.165) is 48.5 Å². The lowest BCUT2D eigenvalue weighted by molar-refractivity contribution is 0.708. The molecule has 0 radical (unpaired) electrons. The molecule has 0 aliphatic heterocycles. The van der Waals surface area contributed by atoms with Crippen LogP contribution in [-0.2, 0) is 18.6 Å². The number of H-pyrrole nitrogens is 1.